The molecule has 0 radical (unpaired) electrons. The van der Waals surface area contributed by atoms with Crippen LogP contribution in [0.15, 0.2) is 12.2 Å². The van der Waals surface area contributed by atoms with Crippen LogP contribution in [0, 0.1) is 5.92 Å². The van der Waals surface area contributed by atoms with Crippen molar-refractivity contribution in [2.75, 3.05) is 6.61 Å². The van der Waals surface area contributed by atoms with Gasteiger partial charge in [-0.25, -0.2) is 0 Å². The SMILES string of the molecule is CCOC(=O)CC/C=C/CC(C)C. The van der Waals surface area contributed by atoms with Crippen LogP contribution in [0.5, 0.6) is 0 Å². The van der Waals surface area contributed by atoms with Gasteiger partial charge in [0.25, 0.3) is 0 Å². The molecule has 0 spiro atoms. The summed E-state index contributed by atoms with van der Waals surface area (Å²) in [5.74, 6) is 0.593. The Bertz CT molecular complexity index is 159. The van der Waals surface area contributed by atoms with Crippen molar-refractivity contribution in [1.29, 1.82) is 0 Å². The molecular weight excluding hydrogens is 164 g/mol. The first-order valence-corrected chi connectivity index (χ1v) is 4.97. The number of carbonyl (C=O) groups excluding carboxylic acids is 1. The van der Waals surface area contributed by atoms with Crippen LogP contribution in [0.2, 0.25) is 0 Å². The first kappa shape index (κ1) is 12.2. The van der Waals surface area contributed by atoms with Gasteiger partial charge in [0.05, 0.1) is 6.61 Å². The van der Waals surface area contributed by atoms with E-state index in [9.17, 15) is 4.79 Å². The summed E-state index contributed by atoms with van der Waals surface area (Å²) in [7, 11) is 0. The van der Waals surface area contributed by atoms with E-state index in [1.807, 2.05) is 6.92 Å². The Balaban J connectivity index is 3.33. The highest BCUT2D eigenvalue weighted by molar-refractivity contribution is 5.69. The van der Waals surface area contributed by atoms with Crippen molar-refractivity contribution in [3.05, 3.63) is 12.2 Å². The third-order valence-electron chi connectivity index (χ3n) is 1.59. The topological polar surface area (TPSA) is 26.3 Å². The van der Waals surface area contributed by atoms with Crippen LogP contribution >= 0.6 is 0 Å². The lowest BCUT2D eigenvalue weighted by Gasteiger charge is -1.99. The number of carbonyl (C=O) groups is 1. The fourth-order valence-electron chi connectivity index (χ4n) is 0.921. The van der Waals surface area contributed by atoms with E-state index in [-0.39, 0.29) is 5.97 Å². The zero-order chi connectivity index (χ0) is 10.1. The predicted molar refractivity (Wildman–Crippen MR) is 54.5 cm³/mol. The van der Waals surface area contributed by atoms with Crippen LogP contribution in [0.1, 0.15) is 40.0 Å². The summed E-state index contributed by atoms with van der Waals surface area (Å²) in [5.41, 5.74) is 0. The molecule has 2 heteroatoms. The van der Waals surface area contributed by atoms with Gasteiger partial charge < -0.3 is 4.74 Å². The van der Waals surface area contributed by atoms with Gasteiger partial charge in [0.15, 0.2) is 0 Å². The van der Waals surface area contributed by atoms with Crippen molar-refractivity contribution >= 4 is 5.97 Å². The molecule has 0 rings (SSSR count). The van der Waals surface area contributed by atoms with Crippen LogP contribution in [-0.2, 0) is 9.53 Å². The zero-order valence-corrected chi connectivity index (χ0v) is 8.88. The fourth-order valence-corrected chi connectivity index (χ4v) is 0.921. The molecule has 0 aliphatic heterocycles. The Morgan fingerprint density at radius 1 is 1.38 bits per heavy atom. The fraction of sp³-hybridized carbons (Fsp3) is 0.727. The van der Waals surface area contributed by atoms with Gasteiger partial charge in [-0.3, -0.25) is 4.79 Å². The van der Waals surface area contributed by atoms with Crippen LogP contribution in [0.3, 0.4) is 0 Å². The van der Waals surface area contributed by atoms with Gasteiger partial charge in [-0.2, -0.15) is 0 Å². The summed E-state index contributed by atoms with van der Waals surface area (Å²) >= 11 is 0. The molecule has 0 aliphatic carbocycles. The smallest absolute Gasteiger partial charge is 0.306 e. The maximum atomic E-state index is 10.9. The maximum Gasteiger partial charge on any atom is 0.306 e. The van der Waals surface area contributed by atoms with E-state index in [0.29, 0.717) is 18.9 Å². The van der Waals surface area contributed by atoms with Crippen molar-refractivity contribution in [2.45, 2.75) is 40.0 Å². The van der Waals surface area contributed by atoms with Crippen LogP contribution in [0.25, 0.3) is 0 Å². The number of hydrogen-bond donors (Lipinski definition) is 0. The average Bonchev–Trinajstić information content (AvgIpc) is 2.03. The number of hydrogen-bond acceptors (Lipinski definition) is 2. The van der Waals surface area contributed by atoms with Gasteiger partial charge >= 0.3 is 5.97 Å². The standard InChI is InChI=1S/C11H20O2/c1-4-13-11(12)9-7-5-6-8-10(2)3/h5-6,10H,4,7-9H2,1-3H3/b6-5+. The second-order valence-corrected chi connectivity index (χ2v) is 3.44. The molecular formula is C11H20O2. The molecule has 0 aromatic rings. The predicted octanol–water partition coefficient (Wildman–Crippen LogP) is 2.93. The summed E-state index contributed by atoms with van der Waals surface area (Å²) in [6.07, 6.45) is 6.57. The highest BCUT2D eigenvalue weighted by Gasteiger charge is 1.97. The maximum absolute atomic E-state index is 10.9. The molecule has 0 aromatic heterocycles. The lowest BCUT2D eigenvalue weighted by atomic mass is 10.1. The highest BCUT2D eigenvalue weighted by atomic mass is 16.5. The highest BCUT2D eigenvalue weighted by Crippen LogP contribution is 2.02. The van der Waals surface area contributed by atoms with Crippen LogP contribution in [-0.4, -0.2) is 12.6 Å². The van der Waals surface area contributed by atoms with Crippen molar-refractivity contribution in [1.82, 2.24) is 0 Å². The van der Waals surface area contributed by atoms with Gasteiger partial charge in [-0.15, -0.1) is 0 Å². The first-order valence-electron chi connectivity index (χ1n) is 4.97. The average molecular weight is 184 g/mol. The second kappa shape index (κ2) is 7.84. The molecule has 76 valence electrons. The molecule has 13 heavy (non-hydrogen) atoms. The Morgan fingerprint density at radius 3 is 2.62 bits per heavy atom. The van der Waals surface area contributed by atoms with Gasteiger partial charge in [-0.05, 0) is 25.7 Å². The van der Waals surface area contributed by atoms with E-state index in [2.05, 4.69) is 26.0 Å². The summed E-state index contributed by atoms with van der Waals surface area (Å²) in [5, 5.41) is 0. The van der Waals surface area contributed by atoms with Crippen LogP contribution in [0.4, 0.5) is 0 Å². The molecule has 0 saturated heterocycles. The number of rotatable bonds is 6. The third kappa shape index (κ3) is 9.12. The monoisotopic (exact) mass is 184 g/mol. The molecule has 0 saturated carbocycles. The molecule has 0 fully saturated rings. The van der Waals surface area contributed by atoms with Crippen molar-refractivity contribution < 1.29 is 9.53 Å². The summed E-state index contributed by atoms with van der Waals surface area (Å²) < 4.78 is 4.80. The molecule has 0 bridgehead atoms. The first-order chi connectivity index (χ1) is 6.16. The zero-order valence-electron chi connectivity index (χ0n) is 8.88. The molecule has 0 heterocycles. The Labute approximate surface area is 81.0 Å². The minimum absolute atomic E-state index is 0.100. The molecule has 0 unspecified atom stereocenters. The Morgan fingerprint density at radius 2 is 2.08 bits per heavy atom. The van der Waals surface area contributed by atoms with E-state index < -0.39 is 0 Å². The van der Waals surface area contributed by atoms with Gasteiger partial charge in [0, 0.05) is 6.42 Å². The number of ether oxygens (including phenoxy) is 1. The lowest BCUT2D eigenvalue weighted by molar-refractivity contribution is -0.142. The molecule has 0 N–H and O–H groups in total. The van der Waals surface area contributed by atoms with Crippen LogP contribution < -0.4 is 0 Å². The lowest BCUT2D eigenvalue weighted by Crippen LogP contribution is -2.02. The largest absolute Gasteiger partial charge is 0.466 e. The summed E-state index contributed by atoms with van der Waals surface area (Å²) in [6.45, 7) is 6.66. The van der Waals surface area contributed by atoms with E-state index in [0.717, 1.165) is 12.8 Å². The quantitative estimate of drug-likeness (QED) is 0.468. The number of esters is 1. The molecule has 0 aliphatic rings. The molecule has 0 aromatic carbocycles. The molecule has 2 nitrogen and oxygen atoms in total. The Kier molecular flexibility index (Phi) is 7.36. The third-order valence-corrected chi connectivity index (χ3v) is 1.59. The second-order valence-electron chi connectivity index (χ2n) is 3.44. The van der Waals surface area contributed by atoms with Crippen molar-refractivity contribution in [3.63, 3.8) is 0 Å². The summed E-state index contributed by atoms with van der Waals surface area (Å²) in [4.78, 5) is 10.9. The summed E-state index contributed by atoms with van der Waals surface area (Å²) in [6, 6.07) is 0. The molecule has 0 amide bonds. The van der Waals surface area contributed by atoms with E-state index >= 15 is 0 Å². The van der Waals surface area contributed by atoms with Gasteiger partial charge in [0.2, 0.25) is 0 Å². The van der Waals surface area contributed by atoms with Gasteiger partial charge in [-0.1, -0.05) is 26.0 Å². The minimum atomic E-state index is -0.100. The van der Waals surface area contributed by atoms with E-state index in [1.165, 1.54) is 0 Å². The Hall–Kier alpha value is -0.790. The van der Waals surface area contributed by atoms with Crippen molar-refractivity contribution in [2.24, 2.45) is 5.92 Å². The minimum Gasteiger partial charge on any atom is -0.466 e. The van der Waals surface area contributed by atoms with E-state index in [4.69, 9.17) is 4.74 Å². The van der Waals surface area contributed by atoms with Gasteiger partial charge in [0.1, 0.15) is 0 Å². The normalized spacial score (nSPS) is 11.1. The van der Waals surface area contributed by atoms with E-state index in [1.54, 1.807) is 0 Å². The molecule has 0 atom stereocenters. The number of allylic oxidation sites excluding steroid dienone is 2. The van der Waals surface area contributed by atoms with Crippen molar-refractivity contribution in [3.8, 4) is 0 Å².